The molecule has 0 saturated heterocycles. The molecule has 53 heavy (non-hydrogen) atoms. The van der Waals surface area contributed by atoms with Gasteiger partial charge in [0.1, 0.15) is 29.4 Å². The van der Waals surface area contributed by atoms with Crippen LogP contribution in [0.1, 0.15) is 59.9 Å². The second-order valence-corrected chi connectivity index (χ2v) is 13.9. The van der Waals surface area contributed by atoms with E-state index in [2.05, 4.69) is 28.3 Å². The van der Waals surface area contributed by atoms with Gasteiger partial charge >= 0.3 is 0 Å². The number of nitrogens with one attached hydrogen (secondary N) is 2. The number of anilines is 2. The minimum absolute atomic E-state index is 0.00603. The van der Waals surface area contributed by atoms with E-state index in [1.165, 1.54) is 12.5 Å². The topological polar surface area (TPSA) is 165 Å². The van der Waals surface area contributed by atoms with E-state index in [0.29, 0.717) is 51.7 Å². The predicted octanol–water partition coefficient (Wildman–Crippen LogP) is 7.53. The lowest BCUT2D eigenvalue weighted by Crippen LogP contribution is -2.42. The predicted molar refractivity (Wildman–Crippen MR) is 205 cm³/mol. The monoisotopic (exact) mass is 715 g/mol. The summed E-state index contributed by atoms with van der Waals surface area (Å²) < 4.78 is 18.0. The fourth-order valence-corrected chi connectivity index (χ4v) is 8.27. The van der Waals surface area contributed by atoms with Crippen LogP contribution in [-0.4, -0.2) is 66.5 Å². The highest BCUT2D eigenvalue weighted by Gasteiger charge is 2.56. The fraction of sp³-hybridized carbons (Fsp3) is 0.333. The summed E-state index contributed by atoms with van der Waals surface area (Å²) in [5.41, 5.74) is 8.15. The number of hydrogen-bond acceptors (Lipinski definition) is 11. The van der Waals surface area contributed by atoms with Gasteiger partial charge in [-0.15, -0.1) is 0 Å². The SMILES string of the molecule is CO.COc1cc(Nc2cccc(-c3cccc(-c4nc5cc(CO)cc(C#N)c5o4)c3C)c2C=N)cc(OC)c1CN(C)C12CCC(C=O)(CC1)C2. The number of hydrogen-bond donors (Lipinski definition) is 4. The third-order valence-corrected chi connectivity index (χ3v) is 11.2. The third-order valence-electron chi connectivity index (χ3n) is 11.2. The summed E-state index contributed by atoms with van der Waals surface area (Å²) in [4.78, 5) is 19.0. The molecule has 0 aliphatic heterocycles. The number of aromatic nitrogens is 1. The van der Waals surface area contributed by atoms with Crippen molar-refractivity contribution in [3.63, 3.8) is 0 Å². The number of benzene rings is 4. The van der Waals surface area contributed by atoms with E-state index in [1.807, 2.05) is 55.5 Å². The molecule has 2 fully saturated rings. The van der Waals surface area contributed by atoms with E-state index in [0.717, 1.165) is 78.4 Å². The van der Waals surface area contributed by atoms with Crippen LogP contribution in [0.5, 0.6) is 11.5 Å². The summed E-state index contributed by atoms with van der Waals surface area (Å²) >= 11 is 0. The van der Waals surface area contributed by atoms with Crippen molar-refractivity contribution in [2.24, 2.45) is 5.41 Å². The summed E-state index contributed by atoms with van der Waals surface area (Å²) in [5, 5.41) is 38.3. The molecule has 2 saturated carbocycles. The lowest BCUT2D eigenvalue weighted by molar-refractivity contribution is -0.115. The van der Waals surface area contributed by atoms with Crippen LogP contribution in [0.15, 0.2) is 65.1 Å². The van der Waals surface area contributed by atoms with Gasteiger partial charge in [-0.2, -0.15) is 5.26 Å². The first-order valence-electron chi connectivity index (χ1n) is 17.5. The summed E-state index contributed by atoms with van der Waals surface area (Å²) in [6, 6.07) is 21.1. The minimum Gasteiger partial charge on any atom is -0.496 e. The first kappa shape index (κ1) is 37.2. The second-order valence-electron chi connectivity index (χ2n) is 13.9. The smallest absolute Gasteiger partial charge is 0.227 e. The van der Waals surface area contributed by atoms with Crippen molar-refractivity contribution in [2.45, 2.75) is 57.7 Å². The van der Waals surface area contributed by atoms with Crippen LogP contribution in [0.2, 0.25) is 0 Å². The van der Waals surface area contributed by atoms with Gasteiger partial charge in [-0.05, 0) is 92.6 Å². The Hall–Kier alpha value is -5.54. The van der Waals surface area contributed by atoms with E-state index in [4.69, 9.17) is 24.4 Å². The van der Waals surface area contributed by atoms with E-state index >= 15 is 0 Å². The van der Waals surface area contributed by atoms with E-state index in [9.17, 15) is 15.2 Å². The Morgan fingerprint density at radius 2 is 1.68 bits per heavy atom. The number of aliphatic hydroxyl groups is 2. The molecular weight excluding hydrogens is 670 g/mol. The molecule has 0 amide bonds. The number of methoxy groups -OCH3 is 2. The fourth-order valence-electron chi connectivity index (χ4n) is 8.27. The lowest BCUT2D eigenvalue weighted by Gasteiger charge is -2.37. The third kappa shape index (κ3) is 6.66. The van der Waals surface area contributed by atoms with Crippen molar-refractivity contribution in [3.05, 3.63) is 88.5 Å². The van der Waals surface area contributed by atoms with Crippen LogP contribution in [0.25, 0.3) is 33.7 Å². The van der Waals surface area contributed by atoms with Crippen molar-refractivity contribution in [2.75, 3.05) is 33.7 Å². The molecule has 7 rings (SSSR count). The molecule has 0 spiro atoms. The largest absolute Gasteiger partial charge is 0.496 e. The Balaban J connectivity index is 0.00000236. The number of ether oxygens (including phenoxy) is 2. The summed E-state index contributed by atoms with van der Waals surface area (Å²) in [6.45, 7) is 2.40. The number of nitrogens with zero attached hydrogens (tertiary/aromatic N) is 3. The van der Waals surface area contributed by atoms with Crippen LogP contribution < -0.4 is 14.8 Å². The Kier molecular flexibility index (Phi) is 10.7. The van der Waals surface area contributed by atoms with Gasteiger partial charge < -0.3 is 39.6 Å². The molecule has 11 nitrogen and oxygen atoms in total. The van der Waals surface area contributed by atoms with Crippen molar-refractivity contribution in [1.29, 1.82) is 10.7 Å². The Labute approximate surface area is 309 Å². The van der Waals surface area contributed by atoms with Gasteiger partial charge in [0.05, 0.1) is 32.0 Å². The number of nitriles is 1. The molecule has 2 bridgehead atoms. The van der Waals surface area contributed by atoms with Crippen LogP contribution in [0.4, 0.5) is 11.4 Å². The number of oxazole rings is 1. The van der Waals surface area contributed by atoms with Gasteiger partial charge in [-0.25, -0.2) is 4.98 Å². The number of carbonyl (C=O) groups is 1. The van der Waals surface area contributed by atoms with Crippen LogP contribution in [0, 0.1) is 29.1 Å². The van der Waals surface area contributed by atoms with Crippen molar-refractivity contribution >= 4 is 35.0 Å². The molecule has 0 atom stereocenters. The highest BCUT2D eigenvalue weighted by atomic mass is 16.5. The van der Waals surface area contributed by atoms with Gasteiger partial charge in [-0.1, -0.05) is 24.3 Å². The van der Waals surface area contributed by atoms with Crippen LogP contribution >= 0.6 is 0 Å². The number of carbonyl (C=O) groups excluding carboxylic acids is 1. The molecule has 2 aliphatic rings. The molecule has 4 aromatic carbocycles. The average Bonchev–Trinajstić information content (AvgIpc) is 3.92. The highest BCUT2D eigenvalue weighted by Crippen LogP contribution is 2.58. The van der Waals surface area contributed by atoms with E-state index in [1.54, 1.807) is 26.4 Å². The van der Waals surface area contributed by atoms with Gasteiger partial charge in [0.15, 0.2) is 5.58 Å². The van der Waals surface area contributed by atoms with Gasteiger partial charge in [0.2, 0.25) is 5.89 Å². The molecule has 274 valence electrons. The number of aliphatic hydroxyl groups excluding tert-OH is 2. The van der Waals surface area contributed by atoms with Crippen molar-refractivity contribution in [3.8, 4) is 40.1 Å². The molecule has 0 radical (unpaired) electrons. The summed E-state index contributed by atoms with van der Waals surface area (Å²) in [6.07, 6.45) is 7.35. The maximum atomic E-state index is 11.9. The van der Waals surface area contributed by atoms with E-state index < -0.39 is 0 Å². The second kappa shape index (κ2) is 15.2. The molecule has 1 heterocycles. The van der Waals surface area contributed by atoms with Gasteiger partial charge in [0.25, 0.3) is 0 Å². The molecule has 2 aliphatic carbocycles. The Bertz CT molecular complexity index is 2190. The zero-order chi connectivity index (χ0) is 37.9. The van der Waals surface area contributed by atoms with Gasteiger partial charge in [-0.3, -0.25) is 4.90 Å². The molecule has 4 N–H and O–H groups in total. The average molecular weight is 716 g/mol. The standard InChI is InChI=1S/C41H41N5O5.CH4O/c1-25-29(7-5-8-30(25)39-45-35-16-26(22-47)15-27(19-42)38(35)51-39)31-9-6-10-34(32(31)20-43)44-28-17-36(49-3)33(37(18-28)50-4)21-46(2)41-13-11-40(23-41,24-48)12-14-41;1-2/h5-10,15-18,20,24,43-44,47H,11-14,21-23H2,1-4H3;2H,1H3. The summed E-state index contributed by atoms with van der Waals surface area (Å²) in [5.74, 6) is 1.76. The van der Waals surface area contributed by atoms with Gasteiger partial charge in [0, 0.05) is 65.5 Å². The molecular formula is C42H45N5O6. The minimum atomic E-state index is -0.205. The maximum Gasteiger partial charge on any atom is 0.227 e. The number of rotatable bonds is 12. The zero-order valence-electron chi connectivity index (χ0n) is 30.7. The quantitative estimate of drug-likeness (QED) is 0.0749. The van der Waals surface area contributed by atoms with Crippen molar-refractivity contribution < 1.29 is 28.9 Å². The molecule has 5 aromatic rings. The molecule has 11 heteroatoms. The lowest BCUT2D eigenvalue weighted by atomic mass is 9.85. The number of aldehydes is 1. The highest BCUT2D eigenvalue weighted by molar-refractivity contribution is 5.98. The normalized spacial score (nSPS) is 18.7. The van der Waals surface area contributed by atoms with Crippen LogP contribution in [0.3, 0.4) is 0 Å². The molecule has 1 aromatic heterocycles. The number of fused-ring (bicyclic) bond motifs is 3. The van der Waals surface area contributed by atoms with Crippen LogP contribution in [-0.2, 0) is 17.9 Å². The summed E-state index contributed by atoms with van der Waals surface area (Å²) in [7, 11) is 6.45. The first-order valence-corrected chi connectivity index (χ1v) is 17.5. The Morgan fingerprint density at radius 3 is 2.28 bits per heavy atom. The Morgan fingerprint density at radius 1 is 1.02 bits per heavy atom. The zero-order valence-corrected chi connectivity index (χ0v) is 30.7. The van der Waals surface area contributed by atoms with E-state index in [-0.39, 0.29) is 17.6 Å². The van der Waals surface area contributed by atoms with Crippen molar-refractivity contribution in [1.82, 2.24) is 9.88 Å². The maximum absolute atomic E-state index is 11.9. The first-order chi connectivity index (χ1) is 25.7. The molecule has 0 unspecified atom stereocenters.